The van der Waals surface area contributed by atoms with Crippen molar-refractivity contribution in [1.82, 2.24) is 0 Å². The molecule has 1 amide bonds. The predicted molar refractivity (Wildman–Crippen MR) is 50.5 cm³/mol. The van der Waals surface area contributed by atoms with Gasteiger partial charge in [0.05, 0.1) is 0 Å². The maximum absolute atomic E-state index is 10.7. The van der Waals surface area contributed by atoms with E-state index < -0.39 is 0 Å². The summed E-state index contributed by atoms with van der Waals surface area (Å²) in [6.45, 7) is 3.40. The Hall–Kier alpha value is -1.02. The molecule has 0 spiro atoms. The molecular formula is C9H10ClNO. The smallest absolute Gasteiger partial charge is 0.221 e. The van der Waals surface area contributed by atoms with E-state index in [2.05, 4.69) is 5.32 Å². The van der Waals surface area contributed by atoms with Crippen molar-refractivity contribution in [2.24, 2.45) is 0 Å². The molecule has 0 radical (unpaired) electrons. The van der Waals surface area contributed by atoms with Crippen LogP contribution < -0.4 is 5.32 Å². The third-order valence-corrected chi connectivity index (χ3v) is 1.58. The van der Waals surface area contributed by atoms with Crippen LogP contribution in [-0.2, 0) is 4.79 Å². The molecule has 3 heteroatoms. The zero-order valence-electron chi connectivity index (χ0n) is 7.02. The first kappa shape index (κ1) is 9.07. The van der Waals surface area contributed by atoms with E-state index in [4.69, 9.17) is 11.6 Å². The number of rotatable bonds is 1. The fourth-order valence-electron chi connectivity index (χ4n) is 1.01. The summed E-state index contributed by atoms with van der Waals surface area (Å²) in [6, 6.07) is 5.43. The molecular weight excluding hydrogens is 174 g/mol. The Labute approximate surface area is 76.5 Å². The minimum absolute atomic E-state index is 0.0864. The molecule has 0 unspecified atom stereocenters. The van der Waals surface area contributed by atoms with Crippen LogP contribution >= 0.6 is 11.6 Å². The molecule has 64 valence electrons. The SMILES string of the molecule is CC(=O)Nc1cc(C)cc(Cl)c1. The van der Waals surface area contributed by atoms with Gasteiger partial charge in [0.1, 0.15) is 0 Å². The van der Waals surface area contributed by atoms with Gasteiger partial charge in [0.25, 0.3) is 0 Å². The summed E-state index contributed by atoms with van der Waals surface area (Å²) >= 11 is 5.78. The zero-order valence-corrected chi connectivity index (χ0v) is 7.77. The Kier molecular flexibility index (Phi) is 2.71. The lowest BCUT2D eigenvalue weighted by Gasteiger charge is -2.03. The van der Waals surface area contributed by atoms with Crippen LogP contribution in [0.1, 0.15) is 12.5 Å². The molecule has 1 aromatic rings. The van der Waals surface area contributed by atoms with Crippen molar-refractivity contribution in [2.75, 3.05) is 5.32 Å². The number of carbonyl (C=O) groups excluding carboxylic acids is 1. The quantitative estimate of drug-likeness (QED) is 0.713. The van der Waals surface area contributed by atoms with Crippen molar-refractivity contribution in [3.05, 3.63) is 28.8 Å². The number of anilines is 1. The number of aryl methyl sites for hydroxylation is 1. The Morgan fingerprint density at radius 2 is 2.08 bits per heavy atom. The van der Waals surface area contributed by atoms with Crippen molar-refractivity contribution in [2.45, 2.75) is 13.8 Å². The first-order valence-electron chi connectivity index (χ1n) is 3.63. The normalized spacial score (nSPS) is 9.58. The van der Waals surface area contributed by atoms with Crippen molar-refractivity contribution in [3.63, 3.8) is 0 Å². The van der Waals surface area contributed by atoms with Gasteiger partial charge >= 0.3 is 0 Å². The van der Waals surface area contributed by atoms with Gasteiger partial charge in [-0.15, -0.1) is 0 Å². The van der Waals surface area contributed by atoms with Gasteiger partial charge in [-0.05, 0) is 30.7 Å². The molecule has 0 saturated carbocycles. The Balaban J connectivity index is 2.93. The van der Waals surface area contributed by atoms with E-state index >= 15 is 0 Å². The lowest BCUT2D eigenvalue weighted by Crippen LogP contribution is -2.05. The van der Waals surface area contributed by atoms with Crippen molar-refractivity contribution < 1.29 is 4.79 Å². The molecule has 0 heterocycles. The van der Waals surface area contributed by atoms with Crippen LogP contribution in [0.4, 0.5) is 5.69 Å². The zero-order chi connectivity index (χ0) is 9.14. The van der Waals surface area contributed by atoms with E-state index in [1.165, 1.54) is 6.92 Å². The largest absolute Gasteiger partial charge is 0.326 e. The van der Waals surface area contributed by atoms with E-state index in [0.29, 0.717) is 5.02 Å². The molecule has 0 fully saturated rings. The Morgan fingerprint density at radius 3 is 2.58 bits per heavy atom. The van der Waals surface area contributed by atoms with Crippen molar-refractivity contribution >= 4 is 23.2 Å². The molecule has 0 aliphatic heterocycles. The van der Waals surface area contributed by atoms with Crippen LogP contribution in [0.2, 0.25) is 5.02 Å². The number of benzene rings is 1. The van der Waals surface area contributed by atoms with Gasteiger partial charge in [0, 0.05) is 17.6 Å². The highest BCUT2D eigenvalue weighted by Gasteiger charge is 1.97. The second kappa shape index (κ2) is 3.59. The molecule has 1 rings (SSSR count). The molecule has 0 saturated heterocycles. The highest BCUT2D eigenvalue weighted by atomic mass is 35.5. The fourth-order valence-corrected chi connectivity index (χ4v) is 1.30. The van der Waals surface area contributed by atoms with Gasteiger partial charge in [0.15, 0.2) is 0 Å². The number of halogens is 1. The second-order valence-electron chi connectivity index (χ2n) is 2.70. The highest BCUT2D eigenvalue weighted by molar-refractivity contribution is 6.31. The maximum atomic E-state index is 10.7. The molecule has 2 nitrogen and oxygen atoms in total. The second-order valence-corrected chi connectivity index (χ2v) is 3.13. The summed E-state index contributed by atoms with van der Waals surface area (Å²) in [4.78, 5) is 10.7. The molecule has 0 bridgehead atoms. The fraction of sp³-hybridized carbons (Fsp3) is 0.222. The van der Waals surface area contributed by atoms with Gasteiger partial charge in [-0.25, -0.2) is 0 Å². The first-order chi connectivity index (χ1) is 5.58. The standard InChI is InChI=1S/C9H10ClNO/c1-6-3-8(10)5-9(4-6)11-7(2)12/h3-5H,1-2H3,(H,11,12). The molecule has 1 N–H and O–H groups in total. The lowest BCUT2D eigenvalue weighted by molar-refractivity contribution is -0.114. The Morgan fingerprint density at radius 1 is 1.42 bits per heavy atom. The summed E-state index contributed by atoms with van der Waals surface area (Å²) in [5.41, 5.74) is 1.78. The van der Waals surface area contributed by atoms with Gasteiger partial charge in [0.2, 0.25) is 5.91 Å². The molecule has 0 aliphatic carbocycles. The molecule has 12 heavy (non-hydrogen) atoms. The number of nitrogens with one attached hydrogen (secondary N) is 1. The van der Waals surface area contributed by atoms with E-state index in [9.17, 15) is 4.79 Å². The number of amides is 1. The van der Waals surface area contributed by atoms with E-state index in [1.807, 2.05) is 19.1 Å². The summed E-state index contributed by atoms with van der Waals surface area (Å²) in [6.07, 6.45) is 0. The summed E-state index contributed by atoms with van der Waals surface area (Å²) in [7, 11) is 0. The van der Waals surface area contributed by atoms with Gasteiger partial charge in [-0.2, -0.15) is 0 Å². The maximum Gasteiger partial charge on any atom is 0.221 e. The van der Waals surface area contributed by atoms with Crippen LogP contribution in [0.25, 0.3) is 0 Å². The van der Waals surface area contributed by atoms with Crippen LogP contribution in [0, 0.1) is 6.92 Å². The van der Waals surface area contributed by atoms with Crippen LogP contribution in [0.5, 0.6) is 0 Å². The number of hydrogen-bond acceptors (Lipinski definition) is 1. The van der Waals surface area contributed by atoms with Gasteiger partial charge in [-0.3, -0.25) is 4.79 Å². The molecule has 0 atom stereocenters. The molecule has 0 aromatic heterocycles. The van der Waals surface area contributed by atoms with Gasteiger partial charge < -0.3 is 5.32 Å². The van der Waals surface area contributed by atoms with Crippen LogP contribution in [0.15, 0.2) is 18.2 Å². The third kappa shape index (κ3) is 2.55. The van der Waals surface area contributed by atoms with Crippen molar-refractivity contribution in [3.8, 4) is 0 Å². The van der Waals surface area contributed by atoms with Crippen molar-refractivity contribution in [1.29, 1.82) is 0 Å². The van der Waals surface area contributed by atoms with E-state index in [-0.39, 0.29) is 5.91 Å². The number of hydrogen-bond donors (Lipinski definition) is 1. The third-order valence-electron chi connectivity index (χ3n) is 1.36. The average Bonchev–Trinajstić information content (AvgIpc) is 1.81. The minimum atomic E-state index is -0.0864. The number of carbonyl (C=O) groups is 1. The Bertz CT molecular complexity index is 289. The average molecular weight is 184 g/mol. The van der Waals surface area contributed by atoms with Crippen LogP contribution in [-0.4, -0.2) is 5.91 Å². The summed E-state index contributed by atoms with van der Waals surface area (Å²) < 4.78 is 0. The topological polar surface area (TPSA) is 29.1 Å². The molecule has 0 aliphatic rings. The lowest BCUT2D eigenvalue weighted by atomic mass is 10.2. The monoisotopic (exact) mass is 183 g/mol. The summed E-state index contributed by atoms with van der Waals surface area (Å²) in [5.74, 6) is -0.0864. The summed E-state index contributed by atoms with van der Waals surface area (Å²) in [5, 5.41) is 3.30. The first-order valence-corrected chi connectivity index (χ1v) is 4.00. The van der Waals surface area contributed by atoms with E-state index in [1.54, 1.807) is 6.07 Å². The van der Waals surface area contributed by atoms with Gasteiger partial charge in [-0.1, -0.05) is 11.6 Å². The molecule has 1 aromatic carbocycles. The highest BCUT2D eigenvalue weighted by Crippen LogP contribution is 2.18. The minimum Gasteiger partial charge on any atom is -0.326 e. The van der Waals surface area contributed by atoms with Crippen LogP contribution in [0.3, 0.4) is 0 Å². The predicted octanol–water partition coefficient (Wildman–Crippen LogP) is 2.61. The van der Waals surface area contributed by atoms with E-state index in [0.717, 1.165) is 11.3 Å².